The molecule has 2 rings (SSSR count). The minimum absolute atomic E-state index is 0.219. The summed E-state index contributed by atoms with van der Waals surface area (Å²) in [6.45, 7) is 3.98. The molecule has 0 saturated carbocycles. The summed E-state index contributed by atoms with van der Waals surface area (Å²) < 4.78 is 27.8. The van der Waals surface area contributed by atoms with E-state index in [0.29, 0.717) is 17.5 Å². The van der Waals surface area contributed by atoms with Gasteiger partial charge in [-0.1, -0.05) is 18.2 Å². The van der Waals surface area contributed by atoms with Crippen LogP contribution in [0, 0.1) is 0 Å². The Morgan fingerprint density at radius 3 is 2.63 bits per heavy atom. The number of carbonyl (C=O) groups is 1. The molecule has 1 heterocycles. The van der Waals surface area contributed by atoms with Gasteiger partial charge in [0.05, 0.1) is 18.5 Å². The smallest absolute Gasteiger partial charge is 0.434 e. The average molecular weight is 282 g/mol. The first-order valence-electron chi connectivity index (χ1n) is 6.02. The lowest BCUT2D eigenvalue weighted by Gasteiger charge is -2.10. The number of ether oxygens (including phenoxy) is 2. The van der Waals surface area contributed by atoms with Crippen LogP contribution in [-0.2, 0) is 18.6 Å². The Labute approximate surface area is 111 Å². The zero-order valence-electron chi connectivity index (χ0n) is 10.8. The number of carbonyl (C=O) groups excluding carboxylic acids is 1. The third-order valence-corrected chi connectivity index (χ3v) is 4.85. The van der Waals surface area contributed by atoms with Crippen LogP contribution in [0.4, 0.5) is 4.79 Å². The molecule has 0 bridgehead atoms. The number of benzene rings is 1. The first-order valence-corrected chi connectivity index (χ1v) is 7.71. The van der Waals surface area contributed by atoms with Crippen LogP contribution in [0.2, 0.25) is 0 Å². The number of rotatable bonds is 4. The maximum Gasteiger partial charge on any atom is 0.513 e. The molecule has 5 nitrogen and oxygen atoms in total. The summed E-state index contributed by atoms with van der Waals surface area (Å²) in [5, 5.41) is 0.552. The predicted molar refractivity (Wildman–Crippen MR) is 71.4 cm³/mol. The molecule has 0 saturated heterocycles. The lowest BCUT2D eigenvalue weighted by Crippen LogP contribution is -2.09. The van der Waals surface area contributed by atoms with Gasteiger partial charge in [-0.2, -0.15) is 0 Å². The van der Waals surface area contributed by atoms with Crippen LogP contribution in [0.1, 0.15) is 19.4 Å². The molecule has 19 heavy (non-hydrogen) atoms. The van der Waals surface area contributed by atoms with Crippen LogP contribution in [0.5, 0.6) is 0 Å². The van der Waals surface area contributed by atoms with Crippen LogP contribution in [0.25, 0.3) is 5.76 Å². The standard InChI is InChI=1S/C13H15O5P/c1-3-16-13(14)18-11-9-19(15,17-4-2)12-8-6-5-7-10(11)12/h5-9H,3-4H2,1-2H3. The van der Waals surface area contributed by atoms with Gasteiger partial charge in [0.2, 0.25) is 0 Å². The fraction of sp³-hybridized carbons (Fsp3) is 0.308. The normalized spacial score (nSPS) is 20.6. The first kappa shape index (κ1) is 13.8. The lowest BCUT2D eigenvalue weighted by molar-refractivity contribution is 0.0955. The topological polar surface area (TPSA) is 61.8 Å². The molecule has 0 spiro atoms. The van der Waals surface area contributed by atoms with Gasteiger partial charge in [0, 0.05) is 11.4 Å². The minimum atomic E-state index is -3.09. The molecule has 1 aromatic carbocycles. The molecular formula is C13H15O5P. The monoisotopic (exact) mass is 282 g/mol. The molecular weight excluding hydrogens is 267 g/mol. The summed E-state index contributed by atoms with van der Waals surface area (Å²) in [5.74, 6) is 1.60. The molecule has 1 aromatic rings. The predicted octanol–water partition coefficient (Wildman–Crippen LogP) is 3.11. The van der Waals surface area contributed by atoms with E-state index in [2.05, 4.69) is 0 Å². The van der Waals surface area contributed by atoms with E-state index in [1.807, 2.05) is 0 Å². The van der Waals surface area contributed by atoms with Crippen molar-refractivity contribution >= 4 is 24.6 Å². The second-order valence-electron chi connectivity index (χ2n) is 3.81. The largest absolute Gasteiger partial charge is 0.513 e. The van der Waals surface area contributed by atoms with Gasteiger partial charge in [0.25, 0.3) is 7.37 Å². The molecule has 1 aliphatic rings. The highest BCUT2D eigenvalue weighted by Gasteiger charge is 2.35. The van der Waals surface area contributed by atoms with Crippen LogP contribution >= 0.6 is 7.37 Å². The molecule has 0 radical (unpaired) electrons. The fourth-order valence-electron chi connectivity index (χ4n) is 1.86. The van der Waals surface area contributed by atoms with Crippen LogP contribution in [-0.4, -0.2) is 19.4 Å². The summed E-state index contributed by atoms with van der Waals surface area (Å²) >= 11 is 0. The highest BCUT2D eigenvalue weighted by Crippen LogP contribution is 2.55. The first-order chi connectivity index (χ1) is 9.10. The van der Waals surface area contributed by atoms with Gasteiger partial charge < -0.3 is 14.0 Å². The van der Waals surface area contributed by atoms with E-state index in [0.717, 1.165) is 0 Å². The quantitative estimate of drug-likeness (QED) is 0.627. The van der Waals surface area contributed by atoms with Crippen molar-refractivity contribution in [3.05, 3.63) is 35.6 Å². The zero-order valence-corrected chi connectivity index (χ0v) is 11.7. The number of hydrogen-bond donors (Lipinski definition) is 0. The van der Waals surface area contributed by atoms with Crippen molar-refractivity contribution in [2.24, 2.45) is 0 Å². The molecule has 0 fully saturated rings. The third-order valence-electron chi connectivity index (χ3n) is 2.57. The summed E-state index contributed by atoms with van der Waals surface area (Å²) in [6, 6.07) is 7.00. The maximum atomic E-state index is 12.7. The third kappa shape index (κ3) is 2.72. The van der Waals surface area contributed by atoms with Gasteiger partial charge in [-0.05, 0) is 19.9 Å². The van der Waals surface area contributed by atoms with Crippen molar-refractivity contribution in [2.45, 2.75) is 13.8 Å². The molecule has 0 aromatic heterocycles. The van der Waals surface area contributed by atoms with Gasteiger partial charge in [-0.15, -0.1) is 0 Å². The van der Waals surface area contributed by atoms with Crippen LogP contribution < -0.4 is 5.30 Å². The summed E-state index contributed by atoms with van der Waals surface area (Å²) in [4.78, 5) is 11.4. The Bertz CT molecular complexity index is 564. The second-order valence-corrected chi connectivity index (χ2v) is 6.00. The van der Waals surface area contributed by atoms with Crippen molar-refractivity contribution < 1.29 is 23.4 Å². The van der Waals surface area contributed by atoms with Gasteiger partial charge >= 0.3 is 6.16 Å². The van der Waals surface area contributed by atoms with Crippen LogP contribution in [0.3, 0.4) is 0 Å². The van der Waals surface area contributed by atoms with Crippen molar-refractivity contribution in [1.82, 2.24) is 0 Å². The highest BCUT2D eigenvalue weighted by atomic mass is 31.2. The SMILES string of the molecule is CCOC(=O)OC1=CP(=O)(OCC)c2ccccc21. The van der Waals surface area contributed by atoms with Crippen molar-refractivity contribution in [3.63, 3.8) is 0 Å². The number of fused-ring (bicyclic) bond motifs is 1. The molecule has 0 aliphatic carbocycles. The molecule has 1 atom stereocenters. The summed E-state index contributed by atoms with van der Waals surface area (Å²) in [7, 11) is -3.09. The van der Waals surface area contributed by atoms with E-state index in [4.69, 9.17) is 14.0 Å². The fourth-order valence-corrected chi connectivity index (χ4v) is 3.92. The van der Waals surface area contributed by atoms with E-state index in [1.165, 1.54) is 5.82 Å². The van der Waals surface area contributed by atoms with Crippen molar-refractivity contribution in [1.29, 1.82) is 0 Å². The minimum Gasteiger partial charge on any atom is -0.434 e. The van der Waals surface area contributed by atoms with Gasteiger partial charge in [0.15, 0.2) is 0 Å². The van der Waals surface area contributed by atoms with E-state index in [9.17, 15) is 9.36 Å². The molecule has 1 aliphatic heterocycles. The number of hydrogen-bond acceptors (Lipinski definition) is 5. The lowest BCUT2D eigenvalue weighted by atomic mass is 10.2. The Balaban J connectivity index is 2.34. The summed E-state index contributed by atoms with van der Waals surface area (Å²) in [6.07, 6.45) is -0.812. The van der Waals surface area contributed by atoms with E-state index in [1.54, 1.807) is 38.1 Å². The molecule has 0 amide bonds. The Morgan fingerprint density at radius 1 is 1.21 bits per heavy atom. The van der Waals surface area contributed by atoms with E-state index >= 15 is 0 Å². The Morgan fingerprint density at radius 2 is 1.95 bits per heavy atom. The van der Waals surface area contributed by atoms with E-state index in [-0.39, 0.29) is 12.4 Å². The van der Waals surface area contributed by atoms with Gasteiger partial charge in [-0.25, -0.2) is 4.79 Å². The zero-order chi connectivity index (χ0) is 13.9. The van der Waals surface area contributed by atoms with Gasteiger partial charge in [-0.3, -0.25) is 4.57 Å². The molecule has 6 heteroatoms. The summed E-state index contributed by atoms with van der Waals surface area (Å²) in [5.41, 5.74) is 0.604. The van der Waals surface area contributed by atoms with E-state index < -0.39 is 13.5 Å². The highest BCUT2D eigenvalue weighted by molar-refractivity contribution is 7.71. The molecule has 0 N–H and O–H groups in total. The second kappa shape index (κ2) is 5.59. The Kier molecular flexibility index (Phi) is 4.08. The average Bonchev–Trinajstić information content (AvgIpc) is 2.64. The van der Waals surface area contributed by atoms with Gasteiger partial charge in [0.1, 0.15) is 5.76 Å². The molecule has 102 valence electrons. The van der Waals surface area contributed by atoms with Crippen molar-refractivity contribution in [2.75, 3.05) is 13.2 Å². The Hall–Kier alpha value is -1.58. The van der Waals surface area contributed by atoms with Crippen LogP contribution in [0.15, 0.2) is 30.1 Å². The molecule has 1 unspecified atom stereocenters. The van der Waals surface area contributed by atoms with Crippen molar-refractivity contribution in [3.8, 4) is 0 Å². The maximum absolute atomic E-state index is 12.7.